The highest BCUT2D eigenvalue weighted by molar-refractivity contribution is 7.93. The molecule has 2 saturated carbocycles. The lowest BCUT2D eigenvalue weighted by molar-refractivity contribution is -0.128. The number of sulfonamides is 2. The minimum atomic E-state index is -4.04. The molecule has 3 aliphatic rings. The smallest absolute Gasteiger partial charge is 0.261 e. The first-order valence-corrected chi connectivity index (χ1v) is 16.1. The third-order valence-electron chi connectivity index (χ3n) is 8.57. The van der Waals surface area contributed by atoms with Crippen LogP contribution in [0.3, 0.4) is 0 Å². The minimum Gasteiger partial charge on any atom is -0.378 e. The van der Waals surface area contributed by atoms with E-state index in [2.05, 4.69) is 9.44 Å². The summed E-state index contributed by atoms with van der Waals surface area (Å²) in [5, 5.41) is 0.469. The third-order valence-corrected chi connectivity index (χ3v) is 11.6. The highest BCUT2D eigenvalue weighted by Crippen LogP contribution is 2.64. The number of rotatable bonds is 8. The highest BCUT2D eigenvalue weighted by atomic mass is 35.5. The molecule has 1 saturated heterocycles. The first-order valence-electron chi connectivity index (χ1n) is 12.6. The number of hydrogen-bond acceptors (Lipinski definition) is 7. The molecule has 0 spiro atoms. The van der Waals surface area contributed by atoms with Crippen molar-refractivity contribution in [3.05, 3.63) is 47.5 Å². The lowest BCUT2D eigenvalue weighted by Crippen LogP contribution is -2.43. The summed E-state index contributed by atoms with van der Waals surface area (Å²) in [6, 6.07) is 10.6. The average Bonchev–Trinajstić information content (AvgIpc) is 3.19. The third kappa shape index (κ3) is 4.89. The molecule has 5 rings (SSSR count). The summed E-state index contributed by atoms with van der Waals surface area (Å²) < 4.78 is 64.2. The first kappa shape index (κ1) is 27.2. The maximum atomic E-state index is 13.6. The van der Waals surface area contributed by atoms with Crippen LogP contribution in [0.5, 0.6) is 0 Å². The quantitative estimate of drug-likeness (QED) is 0.481. The van der Waals surface area contributed by atoms with Gasteiger partial charge in [0.1, 0.15) is 5.78 Å². The molecule has 2 aromatic rings. The number of ketones is 1. The number of halogens is 1. The molecule has 3 fully saturated rings. The van der Waals surface area contributed by atoms with E-state index in [9.17, 15) is 21.6 Å². The van der Waals surface area contributed by atoms with Gasteiger partial charge in [0.25, 0.3) is 10.0 Å². The molecule has 0 radical (unpaired) electrons. The fourth-order valence-corrected chi connectivity index (χ4v) is 9.32. The number of ether oxygens (including phenoxy) is 1. The van der Waals surface area contributed by atoms with Crippen LogP contribution in [0.25, 0.3) is 0 Å². The number of nitrogens with one attached hydrogen (secondary N) is 2. The minimum absolute atomic E-state index is 0.000945. The maximum Gasteiger partial charge on any atom is 0.261 e. The molecule has 12 heteroatoms. The average molecular weight is 582 g/mol. The number of fused-ring (bicyclic) bond motifs is 2. The molecule has 1 heterocycles. The fraction of sp³-hybridized carbons (Fsp3) is 0.500. The summed E-state index contributed by atoms with van der Waals surface area (Å²) in [6.45, 7) is 5.97. The largest absolute Gasteiger partial charge is 0.378 e. The standard InChI is InChI=1S/C26H32ClN3O6S2/c1-25(2)18-9-10-26(25,24(31)15-18)17-37(32,33)29-22-16-21(7-8-23(22)30-11-13-36-14-12-30)38(34,35)28-20-5-3-19(27)4-6-20/h3-8,16,18,28-29H,9-15,17H2,1-2H3/t18-,26+/m0/s1. The van der Waals surface area contributed by atoms with E-state index in [1.165, 1.54) is 12.1 Å². The van der Waals surface area contributed by atoms with E-state index >= 15 is 0 Å². The summed E-state index contributed by atoms with van der Waals surface area (Å²) in [5.74, 6) is -0.146. The Bertz CT molecular complexity index is 1450. The molecule has 38 heavy (non-hydrogen) atoms. The molecule has 206 valence electrons. The summed E-state index contributed by atoms with van der Waals surface area (Å²) in [4.78, 5) is 14.8. The second-order valence-electron chi connectivity index (χ2n) is 10.9. The van der Waals surface area contributed by atoms with Gasteiger partial charge in [0.2, 0.25) is 10.0 Å². The molecule has 2 aliphatic carbocycles. The highest BCUT2D eigenvalue weighted by Gasteiger charge is 2.65. The van der Waals surface area contributed by atoms with Crippen molar-refractivity contribution in [2.75, 3.05) is 46.4 Å². The van der Waals surface area contributed by atoms with Crippen molar-refractivity contribution in [2.24, 2.45) is 16.7 Å². The Morgan fingerprint density at radius 2 is 1.71 bits per heavy atom. The van der Waals surface area contributed by atoms with Gasteiger partial charge in [-0.2, -0.15) is 0 Å². The molecule has 0 amide bonds. The van der Waals surface area contributed by atoms with Crippen molar-refractivity contribution < 1.29 is 26.4 Å². The Kier molecular flexibility index (Phi) is 6.95. The van der Waals surface area contributed by atoms with Crippen LogP contribution in [0.15, 0.2) is 47.4 Å². The molecule has 2 atom stereocenters. The van der Waals surface area contributed by atoms with E-state index < -0.39 is 30.9 Å². The predicted octanol–water partition coefficient (Wildman–Crippen LogP) is 4.11. The SMILES string of the molecule is CC1(C)[C@H]2CC[C@@]1(CS(=O)(=O)Nc1cc(S(=O)(=O)Nc3ccc(Cl)cc3)ccc1N1CCOCC1)C(=O)C2. The van der Waals surface area contributed by atoms with Crippen molar-refractivity contribution in [3.63, 3.8) is 0 Å². The summed E-state index contributed by atoms with van der Waals surface area (Å²) in [5.41, 5.74) is -0.325. The van der Waals surface area contributed by atoms with Crippen molar-refractivity contribution in [1.29, 1.82) is 0 Å². The van der Waals surface area contributed by atoms with Crippen molar-refractivity contribution >= 4 is 54.5 Å². The van der Waals surface area contributed by atoms with Crippen LogP contribution in [0, 0.1) is 16.7 Å². The molecule has 2 bridgehead atoms. The molecule has 0 aromatic heterocycles. The Labute approximate surface area is 229 Å². The van der Waals surface area contributed by atoms with Gasteiger partial charge < -0.3 is 9.64 Å². The zero-order valence-corrected chi connectivity index (χ0v) is 23.8. The maximum absolute atomic E-state index is 13.6. The molecule has 1 aliphatic heterocycles. The van der Waals surface area contributed by atoms with Crippen LogP contribution in [-0.2, 0) is 29.6 Å². The summed E-state index contributed by atoms with van der Waals surface area (Å²) >= 11 is 5.91. The number of benzene rings is 2. The molecule has 2 aromatic carbocycles. The van der Waals surface area contributed by atoms with Gasteiger partial charge in [-0.1, -0.05) is 25.4 Å². The van der Waals surface area contributed by atoms with Crippen LogP contribution in [0.4, 0.5) is 17.1 Å². The molecular formula is C26H32ClN3O6S2. The van der Waals surface area contributed by atoms with E-state index in [4.69, 9.17) is 16.3 Å². The van der Waals surface area contributed by atoms with E-state index in [0.717, 1.165) is 6.42 Å². The van der Waals surface area contributed by atoms with Gasteiger partial charge in [-0.15, -0.1) is 0 Å². The molecule has 9 nitrogen and oxygen atoms in total. The van der Waals surface area contributed by atoms with Gasteiger partial charge in [-0.3, -0.25) is 14.2 Å². The van der Waals surface area contributed by atoms with E-state index in [1.807, 2.05) is 18.7 Å². The van der Waals surface area contributed by atoms with Gasteiger partial charge in [0, 0.05) is 30.2 Å². The summed E-state index contributed by atoms with van der Waals surface area (Å²) in [7, 11) is -8.05. The zero-order chi connectivity index (χ0) is 27.3. The topological polar surface area (TPSA) is 122 Å². The number of Topliss-reactive ketones (excluding diaryl/α,β-unsaturated/α-hetero) is 1. The number of carbonyl (C=O) groups excluding carboxylic acids is 1. The second kappa shape index (κ2) is 9.69. The van der Waals surface area contributed by atoms with E-state index in [-0.39, 0.29) is 28.0 Å². The van der Waals surface area contributed by atoms with Crippen molar-refractivity contribution in [1.82, 2.24) is 0 Å². The van der Waals surface area contributed by atoms with Crippen molar-refractivity contribution in [2.45, 2.75) is 38.0 Å². The second-order valence-corrected chi connectivity index (χ2v) is 14.8. The predicted molar refractivity (Wildman–Crippen MR) is 148 cm³/mol. The Morgan fingerprint density at radius 3 is 2.32 bits per heavy atom. The Hall–Kier alpha value is -2.34. The fourth-order valence-electron chi connectivity index (χ4n) is 6.21. The number of anilines is 3. The number of morpholine rings is 1. The lowest BCUT2D eigenvalue weighted by Gasteiger charge is -2.36. The monoisotopic (exact) mass is 581 g/mol. The Balaban J connectivity index is 1.48. The molecule has 2 N–H and O–H groups in total. The summed E-state index contributed by atoms with van der Waals surface area (Å²) in [6.07, 6.45) is 1.78. The van der Waals surface area contributed by atoms with Crippen LogP contribution in [0.1, 0.15) is 33.1 Å². The Morgan fingerprint density at radius 1 is 1.03 bits per heavy atom. The first-order chi connectivity index (χ1) is 17.8. The van der Waals surface area contributed by atoms with Gasteiger partial charge in [-0.25, -0.2) is 16.8 Å². The normalized spacial score (nSPS) is 25.0. The van der Waals surface area contributed by atoms with Gasteiger partial charge in [0.15, 0.2) is 0 Å². The van der Waals surface area contributed by atoms with Gasteiger partial charge >= 0.3 is 0 Å². The van der Waals surface area contributed by atoms with Gasteiger partial charge in [-0.05, 0) is 66.6 Å². The lowest BCUT2D eigenvalue weighted by atomic mass is 9.70. The van der Waals surface area contributed by atoms with E-state index in [1.54, 1.807) is 30.3 Å². The van der Waals surface area contributed by atoms with E-state index in [0.29, 0.717) is 55.5 Å². The zero-order valence-electron chi connectivity index (χ0n) is 21.4. The number of nitrogens with zero attached hydrogens (tertiary/aromatic N) is 1. The van der Waals surface area contributed by atoms with Crippen LogP contribution < -0.4 is 14.3 Å². The number of carbonyl (C=O) groups is 1. The number of hydrogen-bond donors (Lipinski definition) is 2. The molecule has 0 unspecified atom stereocenters. The van der Waals surface area contributed by atoms with Crippen LogP contribution in [-0.4, -0.2) is 54.7 Å². The molecular weight excluding hydrogens is 550 g/mol. The van der Waals surface area contributed by atoms with Crippen molar-refractivity contribution in [3.8, 4) is 0 Å². The van der Waals surface area contributed by atoms with Crippen LogP contribution in [0.2, 0.25) is 5.02 Å². The van der Waals surface area contributed by atoms with Crippen LogP contribution >= 0.6 is 11.6 Å². The van der Waals surface area contributed by atoms with Gasteiger partial charge in [0.05, 0.1) is 40.7 Å².